The van der Waals surface area contributed by atoms with Crippen molar-refractivity contribution in [3.63, 3.8) is 0 Å². The van der Waals surface area contributed by atoms with E-state index in [0.717, 1.165) is 11.1 Å². The maximum atomic E-state index is 13.9. The van der Waals surface area contributed by atoms with E-state index >= 15 is 0 Å². The average molecular weight is 313 g/mol. The van der Waals surface area contributed by atoms with Crippen LogP contribution in [-0.2, 0) is 6.42 Å². The summed E-state index contributed by atoms with van der Waals surface area (Å²) < 4.78 is 13.9. The Morgan fingerprint density at radius 3 is 2.65 bits per heavy atom. The molecule has 0 amide bonds. The molecular formula is C15H15Cl2FN2. The van der Waals surface area contributed by atoms with Crippen LogP contribution in [0.4, 0.5) is 4.39 Å². The van der Waals surface area contributed by atoms with Gasteiger partial charge in [0.1, 0.15) is 5.82 Å². The van der Waals surface area contributed by atoms with Crippen molar-refractivity contribution in [3.05, 3.63) is 69.0 Å². The third-order valence-electron chi connectivity index (χ3n) is 3.33. The van der Waals surface area contributed by atoms with Crippen LogP contribution in [0.3, 0.4) is 0 Å². The molecule has 1 atom stereocenters. The fourth-order valence-corrected chi connectivity index (χ4v) is 2.51. The number of nitrogens with one attached hydrogen (secondary N) is 1. The summed E-state index contributed by atoms with van der Waals surface area (Å²) in [6, 6.07) is 10.0. The van der Waals surface area contributed by atoms with Crippen LogP contribution >= 0.6 is 23.2 Å². The summed E-state index contributed by atoms with van der Waals surface area (Å²) >= 11 is 11.9. The van der Waals surface area contributed by atoms with Gasteiger partial charge in [0.05, 0.1) is 6.04 Å². The summed E-state index contributed by atoms with van der Waals surface area (Å²) in [7, 11) is 0. The third-order valence-corrected chi connectivity index (χ3v) is 3.97. The number of nitrogens with two attached hydrogens (primary N) is 1. The molecule has 0 radical (unpaired) electrons. The van der Waals surface area contributed by atoms with Gasteiger partial charge >= 0.3 is 0 Å². The quantitative estimate of drug-likeness (QED) is 0.656. The summed E-state index contributed by atoms with van der Waals surface area (Å²) in [5.41, 5.74) is 5.16. The van der Waals surface area contributed by atoms with Crippen molar-refractivity contribution in [3.8, 4) is 0 Å². The molecule has 0 aromatic heterocycles. The Bertz CT molecular complexity index is 617. The molecular weight excluding hydrogens is 298 g/mol. The molecule has 2 aromatic rings. The topological polar surface area (TPSA) is 38.0 Å². The van der Waals surface area contributed by atoms with Crippen molar-refractivity contribution in [1.29, 1.82) is 0 Å². The van der Waals surface area contributed by atoms with Gasteiger partial charge in [0.25, 0.3) is 0 Å². The number of rotatable bonds is 4. The molecule has 0 aliphatic rings. The molecule has 2 aromatic carbocycles. The van der Waals surface area contributed by atoms with E-state index in [1.165, 1.54) is 6.07 Å². The van der Waals surface area contributed by atoms with E-state index in [1.807, 2.05) is 25.1 Å². The van der Waals surface area contributed by atoms with Gasteiger partial charge in [-0.2, -0.15) is 0 Å². The molecule has 0 spiro atoms. The second kappa shape index (κ2) is 6.55. The minimum atomic E-state index is -0.336. The highest BCUT2D eigenvalue weighted by Gasteiger charge is 2.16. The molecule has 106 valence electrons. The zero-order valence-corrected chi connectivity index (χ0v) is 12.5. The first-order valence-corrected chi connectivity index (χ1v) is 6.93. The van der Waals surface area contributed by atoms with E-state index in [9.17, 15) is 4.39 Å². The smallest absolute Gasteiger partial charge is 0.127 e. The average Bonchev–Trinajstić information content (AvgIpc) is 2.42. The van der Waals surface area contributed by atoms with Gasteiger partial charge in [-0.3, -0.25) is 11.3 Å². The molecule has 0 fully saturated rings. The third kappa shape index (κ3) is 3.30. The lowest BCUT2D eigenvalue weighted by molar-refractivity contribution is 0.527. The maximum Gasteiger partial charge on any atom is 0.127 e. The van der Waals surface area contributed by atoms with Crippen molar-refractivity contribution < 1.29 is 4.39 Å². The molecule has 3 N–H and O–H groups in total. The number of hydrazine groups is 1. The lowest BCUT2D eigenvalue weighted by Gasteiger charge is -2.19. The monoisotopic (exact) mass is 312 g/mol. The number of hydrogen-bond donors (Lipinski definition) is 2. The molecule has 5 heteroatoms. The standard InChI is InChI=1S/C15H15Cl2FN2/c1-9-12(3-2-4-13(9)17)15(20-19)7-10-5-6-11(16)8-14(10)18/h2-6,8,15,20H,7,19H2,1H3. The van der Waals surface area contributed by atoms with Crippen LogP contribution in [0, 0.1) is 12.7 Å². The van der Waals surface area contributed by atoms with Gasteiger partial charge in [-0.25, -0.2) is 4.39 Å². The van der Waals surface area contributed by atoms with Gasteiger partial charge in [0.2, 0.25) is 0 Å². The molecule has 20 heavy (non-hydrogen) atoms. The minimum Gasteiger partial charge on any atom is -0.271 e. The Morgan fingerprint density at radius 2 is 2.00 bits per heavy atom. The lowest BCUT2D eigenvalue weighted by atomic mass is 9.95. The van der Waals surface area contributed by atoms with E-state index in [1.54, 1.807) is 12.1 Å². The van der Waals surface area contributed by atoms with Crippen molar-refractivity contribution in [2.75, 3.05) is 0 Å². The van der Waals surface area contributed by atoms with Gasteiger partial charge in [-0.1, -0.05) is 41.4 Å². The molecule has 2 rings (SSSR count). The summed E-state index contributed by atoms with van der Waals surface area (Å²) in [5.74, 6) is 5.27. The Morgan fingerprint density at radius 1 is 1.25 bits per heavy atom. The molecule has 0 aliphatic carbocycles. The first kappa shape index (κ1) is 15.3. The van der Waals surface area contributed by atoms with E-state index in [2.05, 4.69) is 5.43 Å². The highest BCUT2D eigenvalue weighted by atomic mass is 35.5. The highest BCUT2D eigenvalue weighted by molar-refractivity contribution is 6.31. The van der Waals surface area contributed by atoms with Crippen LogP contribution in [0.1, 0.15) is 22.7 Å². The van der Waals surface area contributed by atoms with E-state index in [0.29, 0.717) is 22.0 Å². The fraction of sp³-hybridized carbons (Fsp3) is 0.200. The molecule has 2 nitrogen and oxygen atoms in total. The second-order valence-electron chi connectivity index (χ2n) is 4.61. The molecule has 0 bridgehead atoms. The number of benzene rings is 2. The molecule has 0 saturated heterocycles. The zero-order chi connectivity index (χ0) is 14.7. The van der Waals surface area contributed by atoms with E-state index in [-0.39, 0.29) is 11.9 Å². The normalized spacial score (nSPS) is 12.4. The molecule has 0 heterocycles. The van der Waals surface area contributed by atoms with Crippen molar-refractivity contribution in [1.82, 2.24) is 5.43 Å². The summed E-state index contributed by atoms with van der Waals surface area (Å²) in [4.78, 5) is 0. The Balaban J connectivity index is 2.31. The SMILES string of the molecule is Cc1c(Cl)cccc1C(Cc1ccc(Cl)cc1F)NN. The van der Waals surface area contributed by atoms with Gasteiger partial charge in [-0.05, 0) is 48.2 Å². The first-order valence-electron chi connectivity index (χ1n) is 6.18. The minimum absolute atomic E-state index is 0.218. The second-order valence-corrected chi connectivity index (χ2v) is 5.46. The largest absolute Gasteiger partial charge is 0.271 e. The lowest BCUT2D eigenvalue weighted by Crippen LogP contribution is -2.30. The van der Waals surface area contributed by atoms with E-state index < -0.39 is 0 Å². The number of halogens is 3. The fourth-order valence-electron chi connectivity index (χ4n) is 2.17. The highest BCUT2D eigenvalue weighted by Crippen LogP contribution is 2.27. The van der Waals surface area contributed by atoms with Crippen LogP contribution in [0.15, 0.2) is 36.4 Å². The Kier molecular flexibility index (Phi) is 5.00. The van der Waals surface area contributed by atoms with Crippen LogP contribution in [-0.4, -0.2) is 0 Å². The van der Waals surface area contributed by atoms with Crippen molar-refractivity contribution >= 4 is 23.2 Å². The Hall–Kier alpha value is -1.13. The van der Waals surface area contributed by atoms with Crippen LogP contribution in [0.2, 0.25) is 10.0 Å². The zero-order valence-electron chi connectivity index (χ0n) is 11.0. The maximum absolute atomic E-state index is 13.9. The first-order chi connectivity index (χ1) is 9.52. The van der Waals surface area contributed by atoms with Crippen LogP contribution in [0.25, 0.3) is 0 Å². The number of hydrogen-bond acceptors (Lipinski definition) is 2. The van der Waals surface area contributed by atoms with Crippen molar-refractivity contribution in [2.45, 2.75) is 19.4 Å². The molecule has 0 saturated carbocycles. The summed E-state index contributed by atoms with van der Waals surface area (Å²) in [6.45, 7) is 1.92. The van der Waals surface area contributed by atoms with Crippen molar-refractivity contribution in [2.24, 2.45) is 5.84 Å². The van der Waals surface area contributed by atoms with Gasteiger partial charge in [0.15, 0.2) is 0 Å². The molecule has 1 unspecified atom stereocenters. The van der Waals surface area contributed by atoms with Gasteiger partial charge in [0, 0.05) is 10.0 Å². The Labute approximate surface area is 127 Å². The van der Waals surface area contributed by atoms with Crippen LogP contribution in [0.5, 0.6) is 0 Å². The van der Waals surface area contributed by atoms with Gasteiger partial charge < -0.3 is 0 Å². The van der Waals surface area contributed by atoms with Crippen LogP contribution < -0.4 is 11.3 Å². The van der Waals surface area contributed by atoms with Gasteiger partial charge in [-0.15, -0.1) is 0 Å². The summed E-state index contributed by atoms with van der Waals surface area (Å²) in [5, 5.41) is 1.04. The summed E-state index contributed by atoms with van der Waals surface area (Å²) in [6.07, 6.45) is 0.417. The predicted octanol–water partition coefficient (Wildman–Crippen LogP) is 4.19. The van der Waals surface area contributed by atoms with E-state index in [4.69, 9.17) is 29.0 Å². The predicted molar refractivity (Wildman–Crippen MR) is 81.4 cm³/mol. The molecule has 0 aliphatic heterocycles.